The molecule has 1 heterocycles. The summed E-state index contributed by atoms with van der Waals surface area (Å²) in [4.78, 5) is 0. The van der Waals surface area contributed by atoms with Crippen molar-refractivity contribution >= 4 is 26.9 Å². The van der Waals surface area contributed by atoms with Gasteiger partial charge in [0.05, 0.1) is 6.54 Å². The Morgan fingerprint density at radius 3 is 2.60 bits per heavy atom. The van der Waals surface area contributed by atoms with Gasteiger partial charge in [0, 0.05) is 15.9 Å². The Kier molecular flexibility index (Phi) is 3.90. The summed E-state index contributed by atoms with van der Waals surface area (Å²) in [5.41, 5.74) is 2.21. The molecule has 0 bridgehead atoms. The Morgan fingerprint density at radius 2 is 1.85 bits per heavy atom. The zero-order valence-electron chi connectivity index (χ0n) is 11.3. The molecule has 0 saturated carbocycles. The molecule has 1 unspecified atom stereocenters. The molecule has 1 atom stereocenters. The summed E-state index contributed by atoms with van der Waals surface area (Å²) >= 11 is 3.45. The Balaban J connectivity index is 1.68. The zero-order chi connectivity index (χ0) is 13.9. The van der Waals surface area contributed by atoms with Gasteiger partial charge in [0.2, 0.25) is 0 Å². The smallest absolute Gasteiger partial charge is 0.134 e. The maximum absolute atomic E-state index is 5.80. The highest BCUT2D eigenvalue weighted by Crippen LogP contribution is 2.20. The van der Waals surface area contributed by atoms with Crippen molar-refractivity contribution in [3.8, 4) is 0 Å². The standard InChI is InChI=1S/C17H16BrNO/c1-12(13-6-8-15(18)9-7-13)19-11-16-10-14-4-2-3-5-17(14)20-16/h2-10,12,19H,11H2,1H3. The van der Waals surface area contributed by atoms with Crippen molar-refractivity contribution in [2.45, 2.75) is 19.5 Å². The fraction of sp³-hybridized carbons (Fsp3) is 0.176. The summed E-state index contributed by atoms with van der Waals surface area (Å²) in [5, 5.41) is 4.64. The van der Waals surface area contributed by atoms with Crippen LogP contribution in [0.25, 0.3) is 11.0 Å². The molecular weight excluding hydrogens is 314 g/mol. The van der Waals surface area contributed by atoms with E-state index in [0.29, 0.717) is 0 Å². The fourth-order valence-corrected chi connectivity index (χ4v) is 2.51. The predicted molar refractivity (Wildman–Crippen MR) is 85.6 cm³/mol. The summed E-state index contributed by atoms with van der Waals surface area (Å²) in [5.74, 6) is 0.968. The molecule has 2 nitrogen and oxygen atoms in total. The Hall–Kier alpha value is -1.58. The van der Waals surface area contributed by atoms with E-state index in [4.69, 9.17) is 4.42 Å². The molecule has 0 amide bonds. The molecule has 1 aromatic heterocycles. The van der Waals surface area contributed by atoms with E-state index in [1.165, 1.54) is 5.56 Å². The zero-order valence-corrected chi connectivity index (χ0v) is 12.9. The normalized spacial score (nSPS) is 12.7. The number of benzene rings is 2. The molecule has 1 N–H and O–H groups in total. The first kappa shape index (κ1) is 13.4. The van der Waals surface area contributed by atoms with E-state index in [0.717, 1.165) is 27.7 Å². The van der Waals surface area contributed by atoms with E-state index in [-0.39, 0.29) is 6.04 Å². The van der Waals surface area contributed by atoms with Gasteiger partial charge in [-0.15, -0.1) is 0 Å². The number of nitrogens with one attached hydrogen (secondary N) is 1. The molecule has 20 heavy (non-hydrogen) atoms. The van der Waals surface area contributed by atoms with Crippen molar-refractivity contribution in [2.75, 3.05) is 0 Å². The van der Waals surface area contributed by atoms with Gasteiger partial charge in [-0.1, -0.05) is 46.3 Å². The van der Waals surface area contributed by atoms with Crippen molar-refractivity contribution < 1.29 is 4.42 Å². The molecule has 3 heteroatoms. The van der Waals surface area contributed by atoms with Crippen LogP contribution in [0.4, 0.5) is 0 Å². The van der Waals surface area contributed by atoms with E-state index < -0.39 is 0 Å². The monoisotopic (exact) mass is 329 g/mol. The quantitative estimate of drug-likeness (QED) is 0.724. The number of halogens is 1. The lowest BCUT2D eigenvalue weighted by molar-refractivity contribution is 0.482. The van der Waals surface area contributed by atoms with Gasteiger partial charge in [-0.3, -0.25) is 0 Å². The van der Waals surface area contributed by atoms with Crippen molar-refractivity contribution in [3.05, 3.63) is 70.4 Å². The molecule has 2 aromatic carbocycles. The number of hydrogen-bond acceptors (Lipinski definition) is 2. The molecule has 3 aromatic rings. The third-order valence-corrected chi connectivity index (χ3v) is 3.96. The van der Waals surface area contributed by atoms with Gasteiger partial charge >= 0.3 is 0 Å². The highest BCUT2D eigenvalue weighted by molar-refractivity contribution is 9.10. The Bertz CT molecular complexity index is 669. The molecule has 3 rings (SSSR count). The molecule has 0 radical (unpaired) electrons. The van der Waals surface area contributed by atoms with Crippen molar-refractivity contribution in [1.82, 2.24) is 5.32 Å². The van der Waals surface area contributed by atoms with Gasteiger partial charge < -0.3 is 9.73 Å². The van der Waals surface area contributed by atoms with Crippen molar-refractivity contribution in [2.24, 2.45) is 0 Å². The molecule has 0 aliphatic rings. The number of rotatable bonds is 4. The lowest BCUT2D eigenvalue weighted by atomic mass is 10.1. The Morgan fingerprint density at radius 1 is 1.10 bits per heavy atom. The summed E-state index contributed by atoms with van der Waals surface area (Å²) < 4.78 is 6.91. The van der Waals surface area contributed by atoms with Gasteiger partial charge in [0.1, 0.15) is 11.3 Å². The maximum Gasteiger partial charge on any atom is 0.134 e. The van der Waals surface area contributed by atoms with Gasteiger partial charge in [0.15, 0.2) is 0 Å². The van der Waals surface area contributed by atoms with Crippen LogP contribution in [-0.4, -0.2) is 0 Å². The molecule has 0 aliphatic carbocycles. The van der Waals surface area contributed by atoms with Crippen LogP contribution in [0.3, 0.4) is 0 Å². The van der Waals surface area contributed by atoms with Crippen LogP contribution in [-0.2, 0) is 6.54 Å². The van der Waals surface area contributed by atoms with Gasteiger partial charge in [-0.05, 0) is 36.8 Å². The minimum atomic E-state index is 0.288. The first-order valence-electron chi connectivity index (χ1n) is 6.69. The lowest BCUT2D eigenvalue weighted by Crippen LogP contribution is -2.17. The first-order valence-corrected chi connectivity index (χ1v) is 7.48. The summed E-state index contributed by atoms with van der Waals surface area (Å²) in [6.07, 6.45) is 0. The second-order valence-electron chi connectivity index (χ2n) is 4.90. The maximum atomic E-state index is 5.80. The molecule has 0 fully saturated rings. The third kappa shape index (κ3) is 2.94. The minimum absolute atomic E-state index is 0.288. The Labute approximate surface area is 126 Å². The van der Waals surface area contributed by atoms with E-state index in [1.54, 1.807) is 0 Å². The second-order valence-corrected chi connectivity index (χ2v) is 5.82. The minimum Gasteiger partial charge on any atom is -0.460 e. The molecular formula is C17H16BrNO. The fourth-order valence-electron chi connectivity index (χ4n) is 2.25. The summed E-state index contributed by atoms with van der Waals surface area (Å²) in [7, 11) is 0. The molecule has 0 spiro atoms. The third-order valence-electron chi connectivity index (χ3n) is 3.43. The lowest BCUT2D eigenvalue weighted by Gasteiger charge is -2.13. The van der Waals surface area contributed by atoms with E-state index in [2.05, 4.69) is 64.6 Å². The first-order chi connectivity index (χ1) is 9.72. The van der Waals surface area contributed by atoms with Crippen LogP contribution < -0.4 is 5.32 Å². The average molecular weight is 330 g/mol. The summed E-state index contributed by atoms with van der Waals surface area (Å²) in [6.45, 7) is 2.89. The van der Waals surface area contributed by atoms with E-state index >= 15 is 0 Å². The number of fused-ring (bicyclic) bond motifs is 1. The largest absolute Gasteiger partial charge is 0.460 e. The van der Waals surface area contributed by atoms with Crippen molar-refractivity contribution in [3.63, 3.8) is 0 Å². The molecule has 102 valence electrons. The van der Waals surface area contributed by atoms with Crippen LogP contribution in [0.15, 0.2) is 63.5 Å². The number of furan rings is 1. The predicted octanol–water partition coefficient (Wildman–Crippen LogP) is 5.05. The summed E-state index contributed by atoms with van der Waals surface area (Å²) in [6, 6.07) is 18.8. The van der Waals surface area contributed by atoms with Gasteiger partial charge in [-0.25, -0.2) is 0 Å². The van der Waals surface area contributed by atoms with Crippen LogP contribution in [0.5, 0.6) is 0 Å². The number of para-hydroxylation sites is 1. The van der Waals surface area contributed by atoms with Crippen molar-refractivity contribution in [1.29, 1.82) is 0 Å². The topological polar surface area (TPSA) is 25.2 Å². The van der Waals surface area contributed by atoms with Crippen LogP contribution in [0, 0.1) is 0 Å². The van der Waals surface area contributed by atoms with Gasteiger partial charge in [0.25, 0.3) is 0 Å². The van der Waals surface area contributed by atoms with Crippen LogP contribution >= 0.6 is 15.9 Å². The average Bonchev–Trinajstić information content (AvgIpc) is 2.88. The van der Waals surface area contributed by atoms with E-state index in [9.17, 15) is 0 Å². The molecule has 0 aliphatic heterocycles. The SMILES string of the molecule is CC(NCc1cc2ccccc2o1)c1ccc(Br)cc1. The van der Waals surface area contributed by atoms with E-state index in [1.807, 2.05) is 18.2 Å². The highest BCUT2D eigenvalue weighted by atomic mass is 79.9. The van der Waals surface area contributed by atoms with Crippen LogP contribution in [0.2, 0.25) is 0 Å². The number of hydrogen-bond donors (Lipinski definition) is 1. The van der Waals surface area contributed by atoms with Crippen LogP contribution in [0.1, 0.15) is 24.3 Å². The second kappa shape index (κ2) is 5.81. The highest BCUT2D eigenvalue weighted by Gasteiger charge is 2.07. The van der Waals surface area contributed by atoms with Gasteiger partial charge in [-0.2, -0.15) is 0 Å². The molecule has 0 saturated heterocycles.